The number of carbonyl (C=O) groups excluding carboxylic acids is 3. The summed E-state index contributed by atoms with van der Waals surface area (Å²) in [7, 11) is 0. The van der Waals surface area contributed by atoms with Crippen LogP contribution in [0.25, 0.3) is 11.0 Å². The molecule has 0 saturated carbocycles. The van der Waals surface area contributed by atoms with Crippen LogP contribution in [0.15, 0.2) is 28.7 Å². The number of fused-ring (bicyclic) bond motifs is 1. The number of hydrogen-bond donors (Lipinski definition) is 3. The lowest BCUT2D eigenvalue weighted by Gasteiger charge is -2.08. The standard InChI is InChI=1S/C24H23I2NO7/c1-2-3-7-21(30)34-19-11-18-13(10-16(19)28)22(17(33-18)5-4-6-20(27)29)23(31)12-8-14(25)24(32)15(26)9-12/h8-11,28,32H,2-7H2,1H3,(H2,27,29). The Bertz CT molecular complexity index is 1240. The van der Waals surface area contributed by atoms with Crippen LogP contribution in [0.5, 0.6) is 17.2 Å². The van der Waals surface area contributed by atoms with Crippen LogP contribution >= 0.6 is 45.2 Å². The first-order chi connectivity index (χ1) is 16.1. The van der Waals surface area contributed by atoms with Crippen LogP contribution in [0.3, 0.4) is 0 Å². The van der Waals surface area contributed by atoms with Crippen molar-refractivity contribution in [2.75, 3.05) is 0 Å². The third kappa shape index (κ3) is 6.01. The van der Waals surface area contributed by atoms with Crippen molar-refractivity contribution in [1.29, 1.82) is 0 Å². The zero-order valence-electron chi connectivity index (χ0n) is 18.3. The Morgan fingerprint density at radius 1 is 1.03 bits per heavy atom. The molecule has 0 saturated heterocycles. The Balaban J connectivity index is 2.08. The Kier molecular flexibility index (Phi) is 8.79. The molecular formula is C24H23I2NO7. The Hall–Kier alpha value is -2.35. The summed E-state index contributed by atoms with van der Waals surface area (Å²) in [5.41, 5.74) is 6.07. The number of furan rings is 1. The minimum atomic E-state index is -0.478. The van der Waals surface area contributed by atoms with Crippen molar-refractivity contribution >= 4 is 73.8 Å². The van der Waals surface area contributed by atoms with Gasteiger partial charge < -0.3 is 25.1 Å². The number of phenolic OH excluding ortho intramolecular Hbond substituents is 2. The van der Waals surface area contributed by atoms with Gasteiger partial charge in [0.25, 0.3) is 0 Å². The highest BCUT2D eigenvalue weighted by molar-refractivity contribution is 14.1. The molecule has 34 heavy (non-hydrogen) atoms. The van der Waals surface area contributed by atoms with Crippen molar-refractivity contribution < 1.29 is 33.8 Å². The molecule has 0 radical (unpaired) electrons. The first-order valence-corrected chi connectivity index (χ1v) is 12.8. The highest BCUT2D eigenvalue weighted by Crippen LogP contribution is 2.38. The molecule has 1 heterocycles. The molecule has 0 spiro atoms. The Labute approximate surface area is 223 Å². The van der Waals surface area contributed by atoms with Gasteiger partial charge in [0, 0.05) is 36.3 Å². The number of carbonyl (C=O) groups is 3. The van der Waals surface area contributed by atoms with E-state index in [0.717, 1.165) is 6.42 Å². The van der Waals surface area contributed by atoms with Crippen molar-refractivity contribution in [3.8, 4) is 17.2 Å². The van der Waals surface area contributed by atoms with Crippen LogP contribution in [0.2, 0.25) is 0 Å². The zero-order valence-corrected chi connectivity index (χ0v) is 22.6. The average Bonchev–Trinajstić information content (AvgIpc) is 3.11. The van der Waals surface area contributed by atoms with Crippen molar-refractivity contribution in [1.82, 2.24) is 0 Å². The van der Waals surface area contributed by atoms with Gasteiger partial charge in [-0.25, -0.2) is 0 Å². The van der Waals surface area contributed by atoms with Crippen molar-refractivity contribution in [2.45, 2.75) is 45.4 Å². The van der Waals surface area contributed by atoms with E-state index in [0.29, 0.717) is 36.7 Å². The lowest BCUT2D eigenvalue weighted by atomic mass is 9.98. The summed E-state index contributed by atoms with van der Waals surface area (Å²) >= 11 is 3.89. The molecule has 0 unspecified atom stereocenters. The molecule has 2 aromatic carbocycles. The third-order valence-electron chi connectivity index (χ3n) is 5.13. The third-order valence-corrected chi connectivity index (χ3v) is 6.78. The van der Waals surface area contributed by atoms with E-state index >= 15 is 0 Å². The topological polar surface area (TPSA) is 140 Å². The summed E-state index contributed by atoms with van der Waals surface area (Å²) in [6.45, 7) is 1.95. The number of unbranched alkanes of at least 4 members (excludes halogenated alkanes) is 1. The number of primary amides is 1. The highest BCUT2D eigenvalue weighted by atomic mass is 127. The second kappa shape index (κ2) is 11.4. The highest BCUT2D eigenvalue weighted by Gasteiger charge is 2.25. The fraction of sp³-hybridized carbons (Fsp3) is 0.292. The average molecular weight is 691 g/mol. The number of aromatic hydroxyl groups is 2. The van der Waals surface area contributed by atoms with Crippen molar-refractivity contribution in [2.24, 2.45) is 5.73 Å². The van der Waals surface area contributed by atoms with E-state index in [1.807, 2.05) is 52.1 Å². The molecule has 0 aliphatic rings. The number of benzene rings is 2. The predicted molar refractivity (Wildman–Crippen MR) is 142 cm³/mol. The maximum atomic E-state index is 13.5. The van der Waals surface area contributed by atoms with E-state index in [4.69, 9.17) is 14.9 Å². The number of aryl methyl sites for hydroxylation is 1. The fourth-order valence-corrected chi connectivity index (χ4v) is 5.20. The van der Waals surface area contributed by atoms with Crippen molar-refractivity contribution in [3.05, 3.63) is 48.3 Å². The van der Waals surface area contributed by atoms with Gasteiger partial charge in [0.15, 0.2) is 17.3 Å². The van der Waals surface area contributed by atoms with Gasteiger partial charge >= 0.3 is 5.97 Å². The van der Waals surface area contributed by atoms with Crippen LogP contribution in [0.4, 0.5) is 0 Å². The molecule has 10 heteroatoms. The fourth-order valence-electron chi connectivity index (χ4n) is 3.43. The number of hydrogen-bond acceptors (Lipinski definition) is 7. The smallest absolute Gasteiger partial charge is 0.311 e. The van der Waals surface area contributed by atoms with E-state index in [1.54, 1.807) is 12.1 Å². The first-order valence-electron chi connectivity index (χ1n) is 10.6. The van der Waals surface area contributed by atoms with E-state index in [-0.39, 0.29) is 53.4 Å². The number of phenols is 2. The summed E-state index contributed by atoms with van der Waals surface area (Å²) in [5, 5.41) is 20.9. The van der Waals surface area contributed by atoms with Gasteiger partial charge in [-0.3, -0.25) is 14.4 Å². The normalized spacial score (nSPS) is 11.0. The molecule has 3 aromatic rings. The number of halogens is 2. The summed E-state index contributed by atoms with van der Waals surface area (Å²) in [5.74, 6) is -1.25. The number of ketones is 1. The molecule has 0 aliphatic carbocycles. The van der Waals surface area contributed by atoms with Crippen LogP contribution in [0.1, 0.15) is 60.7 Å². The zero-order chi connectivity index (χ0) is 25.0. The Morgan fingerprint density at radius 3 is 2.32 bits per heavy atom. The molecule has 8 nitrogen and oxygen atoms in total. The summed E-state index contributed by atoms with van der Waals surface area (Å²) in [4.78, 5) is 36.8. The molecule has 0 bridgehead atoms. The molecule has 0 aliphatic heterocycles. The van der Waals surface area contributed by atoms with Gasteiger partial charge in [-0.15, -0.1) is 0 Å². The van der Waals surface area contributed by atoms with E-state index < -0.39 is 11.9 Å². The van der Waals surface area contributed by atoms with Crippen LogP contribution in [0, 0.1) is 7.14 Å². The molecule has 1 aromatic heterocycles. The summed E-state index contributed by atoms with van der Waals surface area (Å²) < 4.78 is 12.2. The van der Waals surface area contributed by atoms with Gasteiger partial charge in [0.1, 0.15) is 17.1 Å². The van der Waals surface area contributed by atoms with Crippen molar-refractivity contribution in [3.63, 3.8) is 0 Å². The van der Waals surface area contributed by atoms with Gasteiger partial charge in [-0.05, 0) is 76.2 Å². The maximum Gasteiger partial charge on any atom is 0.311 e. The quantitative estimate of drug-likeness (QED) is 0.115. The number of esters is 1. The van der Waals surface area contributed by atoms with E-state index in [9.17, 15) is 24.6 Å². The van der Waals surface area contributed by atoms with E-state index in [1.165, 1.54) is 12.1 Å². The second-order valence-electron chi connectivity index (χ2n) is 7.73. The lowest BCUT2D eigenvalue weighted by Crippen LogP contribution is -2.11. The number of rotatable bonds is 10. The predicted octanol–water partition coefficient (Wildman–Crippen LogP) is 5.19. The minimum Gasteiger partial charge on any atom is -0.506 e. The largest absolute Gasteiger partial charge is 0.506 e. The molecule has 0 fully saturated rings. The Morgan fingerprint density at radius 2 is 1.71 bits per heavy atom. The minimum absolute atomic E-state index is 0.0567. The molecule has 4 N–H and O–H groups in total. The first kappa shape index (κ1) is 26.3. The second-order valence-corrected chi connectivity index (χ2v) is 10.1. The number of nitrogens with two attached hydrogens (primary N) is 1. The number of ether oxygens (including phenoxy) is 1. The lowest BCUT2D eigenvalue weighted by molar-refractivity contribution is -0.134. The van der Waals surface area contributed by atoms with Crippen LogP contribution in [-0.2, 0) is 16.0 Å². The SMILES string of the molecule is CCCCC(=O)Oc1cc2oc(CCCC(N)=O)c(C(=O)c3cc(I)c(O)c(I)c3)c2cc1O. The van der Waals surface area contributed by atoms with Gasteiger partial charge in [-0.1, -0.05) is 13.3 Å². The number of amides is 1. The molecule has 180 valence electrons. The van der Waals surface area contributed by atoms with Gasteiger partial charge in [0.05, 0.1) is 12.7 Å². The molecule has 3 rings (SSSR count). The molecular weight excluding hydrogens is 668 g/mol. The monoisotopic (exact) mass is 691 g/mol. The van der Waals surface area contributed by atoms with E-state index in [2.05, 4.69) is 0 Å². The summed E-state index contributed by atoms with van der Waals surface area (Å²) in [6, 6.07) is 5.85. The van der Waals surface area contributed by atoms with Crippen LogP contribution in [-0.4, -0.2) is 27.9 Å². The van der Waals surface area contributed by atoms with Crippen LogP contribution < -0.4 is 10.5 Å². The molecule has 1 amide bonds. The van der Waals surface area contributed by atoms with Gasteiger partial charge in [-0.2, -0.15) is 0 Å². The summed E-state index contributed by atoms with van der Waals surface area (Å²) in [6.07, 6.45) is 2.45. The van der Waals surface area contributed by atoms with Gasteiger partial charge in [0.2, 0.25) is 5.91 Å². The molecule has 0 atom stereocenters. The maximum absolute atomic E-state index is 13.5.